The second kappa shape index (κ2) is 7.00. The first-order valence-corrected chi connectivity index (χ1v) is 9.88. The Morgan fingerprint density at radius 2 is 1.63 bits per heavy atom. The lowest BCUT2D eigenvalue weighted by molar-refractivity contribution is 0.528. The van der Waals surface area contributed by atoms with Gasteiger partial charge in [-0.25, -0.2) is 0 Å². The van der Waals surface area contributed by atoms with Crippen molar-refractivity contribution >= 4 is 11.8 Å². The van der Waals surface area contributed by atoms with Gasteiger partial charge in [-0.15, -0.1) is 20.4 Å². The van der Waals surface area contributed by atoms with Gasteiger partial charge in [0.1, 0.15) is 5.82 Å². The first kappa shape index (κ1) is 16.3. The highest BCUT2D eigenvalue weighted by Crippen LogP contribution is 2.41. The molecule has 6 nitrogen and oxygen atoms in total. The van der Waals surface area contributed by atoms with Crippen molar-refractivity contribution in [3.63, 3.8) is 0 Å². The van der Waals surface area contributed by atoms with E-state index in [2.05, 4.69) is 37.1 Å². The van der Waals surface area contributed by atoms with Crippen LogP contribution in [0.25, 0.3) is 17.1 Å². The molecule has 1 saturated carbocycles. The van der Waals surface area contributed by atoms with Crippen LogP contribution in [0.2, 0.25) is 0 Å². The fourth-order valence-corrected chi connectivity index (χ4v) is 3.73. The molecule has 0 atom stereocenters. The molecule has 0 spiro atoms. The molecule has 1 aliphatic rings. The van der Waals surface area contributed by atoms with Crippen LogP contribution in [-0.2, 0) is 5.75 Å². The molecular formula is C20H17N5OS. The Balaban J connectivity index is 1.38. The number of para-hydroxylation sites is 1. The van der Waals surface area contributed by atoms with E-state index in [9.17, 15) is 0 Å². The van der Waals surface area contributed by atoms with Crippen LogP contribution in [0.4, 0.5) is 0 Å². The van der Waals surface area contributed by atoms with Gasteiger partial charge >= 0.3 is 0 Å². The number of benzene rings is 2. The largest absolute Gasteiger partial charge is 0.420 e. The summed E-state index contributed by atoms with van der Waals surface area (Å²) in [6.45, 7) is 0. The molecule has 4 aromatic rings. The number of rotatable bonds is 6. The van der Waals surface area contributed by atoms with Crippen LogP contribution < -0.4 is 0 Å². The first-order valence-electron chi connectivity index (χ1n) is 8.90. The Bertz CT molecular complexity index is 1040. The Hall–Kier alpha value is -2.93. The molecular weight excluding hydrogens is 358 g/mol. The summed E-state index contributed by atoms with van der Waals surface area (Å²) in [5.41, 5.74) is 2.01. The van der Waals surface area contributed by atoms with Gasteiger partial charge in [0.2, 0.25) is 11.8 Å². The molecule has 27 heavy (non-hydrogen) atoms. The predicted molar refractivity (Wildman–Crippen MR) is 103 cm³/mol. The molecule has 7 heteroatoms. The maximum absolute atomic E-state index is 5.80. The molecule has 1 fully saturated rings. The van der Waals surface area contributed by atoms with Crippen LogP contribution in [0.5, 0.6) is 0 Å². The molecule has 2 heterocycles. The minimum absolute atomic E-state index is 0.514. The van der Waals surface area contributed by atoms with Gasteiger partial charge < -0.3 is 4.42 Å². The summed E-state index contributed by atoms with van der Waals surface area (Å²) in [5, 5.41) is 18.0. The van der Waals surface area contributed by atoms with E-state index in [4.69, 9.17) is 4.42 Å². The van der Waals surface area contributed by atoms with Crippen molar-refractivity contribution in [2.45, 2.75) is 29.7 Å². The lowest BCUT2D eigenvalue weighted by Crippen LogP contribution is -2.01. The van der Waals surface area contributed by atoms with E-state index in [0.717, 1.165) is 22.2 Å². The highest BCUT2D eigenvalue weighted by atomic mass is 32.2. The fraction of sp³-hybridized carbons (Fsp3) is 0.200. The number of nitrogens with zero attached hydrogens (tertiary/aromatic N) is 5. The zero-order chi connectivity index (χ0) is 18.1. The number of thioether (sulfide) groups is 1. The van der Waals surface area contributed by atoms with E-state index in [1.807, 2.05) is 48.5 Å². The van der Waals surface area contributed by atoms with Crippen LogP contribution in [0.1, 0.15) is 30.5 Å². The van der Waals surface area contributed by atoms with Gasteiger partial charge in [0.25, 0.3) is 0 Å². The van der Waals surface area contributed by atoms with Crippen molar-refractivity contribution in [2.75, 3.05) is 0 Å². The minimum atomic E-state index is 0.514. The summed E-state index contributed by atoms with van der Waals surface area (Å²) in [6.07, 6.45) is 2.36. The molecule has 0 radical (unpaired) electrons. The number of hydrogen-bond acceptors (Lipinski definition) is 6. The molecule has 2 aromatic heterocycles. The third-order valence-corrected chi connectivity index (χ3v) is 5.34. The minimum Gasteiger partial charge on any atom is -0.420 e. The standard InChI is InChI=1S/C20H17N5OS/c1-3-7-15(8-4-1)19-23-21-17(26-19)13-27-20-24-22-18(14-11-12-14)25(20)16-9-5-2-6-10-16/h1-10,14H,11-13H2. The third kappa shape index (κ3) is 3.38. The smallest absolute Gasteiger partial charge is 0.247 e. The van der Waals surface area contributed by atoms with Gasteiger partial charge in [0, 0.05) is 17.2 Å². The molecule has 0 saturated heterocycles. The van der Waals surface area contributed by atoms with Crippen LogP contribution in [0, 0.1) is 0 Å². The average Bonchev–Trinajstić information content (AvgIpc) is 3.31. The van der Waals surface area contributed by atoms with E-state index in [1.54, 1.807) is 11.8 Å². The Morgan fingerprint density at radius 3 is 2.37 bits per heavy atom. The number of aromatic nitrogens is 5. The highest BCUT2D eigenvalue weighted by Gasteiger charge is 2.31. The van der Waals surface area contributed by atoms with Crippen molar-refractivity contribution < 1.29 is 4.42 Å². The molecule has 0 N–H and O–H groups in total. The normalized spacial score (nSPS) is 13.8. The van der Waals surface area contributed by atoms with Crippen LogP contribution in [-0.4, -0.2) is 25.0 Å². The fourth-order valence-electron chi connectivity index (χ4n) is 2.94. The second-order valence-electron chi connectivity index (χ2n) is 6.44. The number of hydrogen-bond donors (Lipinski definition) is 0. The van der Waals surface area contributed by atoms with E-state index >= 15 is 0 Å². The van der Waals surface area contributed by atoms with E-state index < -0.39 is 0 Å². The van der Waals surface area contributed by atoms with E-state index in [-0.39, 0.29) is 0 Å². The quantitative estimate of drug-likeness (QED) is 0.463. The van der Waals surface area contributed by atoms with Crippen molar-refractivity contribution in [3.8, 4) is 17.1 Å². The molecule has 0 amide bonds. The molecule has 2 aromatic carbocycles. The van der Waals surface area contributed by atoms with E-state index in [0.29, 0.717) is 23.5 Å². The Kier molecular flexibility index (Phi) is 4.21. The van der Waals surface area contributed by atoms with Crippen LogP contribution in [0.15, 0.2) is 70.2 Å². The van der Waals surface area contributed by atoms with Crippen LogP contribution >= 0.6 is 11.8 Å². The topological polar surface area (TPSA) is 69.6 Å². The predicted octanol–water partition coefficient (Wildman–Crippen LogP) is 4.49. The van der Waals surface area contributed by atoms with Gasteiger partial charge in [-0.05, 0) is 37.1 Å². The average molecular weight is 375 g/mol. The van der Waals surface area contributed by atoms with Crippen molar-refractivity contribution in [1.82, 2.24) is 25.0 Å². The van der Waals surface area contributed by atoms with Gasteiger partial charge in [-0.3, -0.25) is 4.57 Å². The van der Waals surface area contributed by atoms with Crippen molar-refractivity contribution in [1.29, 1.82) is 0 Å². The van der Waals surface area contributed by atoms with Gasteiger partial charge in [0.05, 0.1) is 5.75 Å². The summed E-state index contributed by atoms with van der Waals surface area (Å²) in [7, 11) is 0. The maximum Gasteiger partial charge on any atom is 0.247 e. The summed E-state index contributed by atoms with van der Waals surface area (Å²) >= 11 is 1.56. The van der Waals surface area contributed by atoms with Gasteiger partial charge in [0.15, 0.2) is 5.16 Å². The van der Waals surface area contributed by atoms with E-state index in [1.165, 1.54) is 12.8 Å². The third-order valence-electron chi connectivity index (χ3n) is 4.43. The summed E-state index contributed by atoms with van der Waals surface area (Å²) < 4.78 is 7.95. The Morgan fingerprint density at radius 1 is 0.889 bits per heavy atom. The molecule has 134 valence electrons. The monoisotopic (exact) mass is 375 g/mol. The first-order chi connectivity index (χ1) is 13.4. The zero-order valence-electron chi connectivity index (χ0n) is 14.5. The molecule has 5 rings (SSSR count). The second-order valence-corrected chi connectivity index (χ2v) is 7.38. The molecule has 0 unspecified atom stereocenters. The lowest BCUT2D eigenvalue weighted by Gasteiger charge is -2.08. The summed E-state index contributed by atoms with van der Waals surface area (Å²) in [4.78, 5) is 0. The van der Waals surface area contributed by atoms with Gasteiger partial charge in [-0.1, -0.05) is 48.2 Å². The highest BCUT2D eigenvalue weighted by molar-refractivity contribution is 7.98. The molecule has 1 aliphatic carbocycles. The zero-order valence-corrected chi connectivity index (χ0v) is 15.3. The SMILES string of the molecule is c1ccc(-c2nnc(CSc3nnc(C4CC4)n3-c3ccccc3)o2)cc1. The van der Waals surface area contributed by atoms with Crippen molar-refractivity contribution in [2.24, 2.45) is 0 Å². The van der Waals surface area contributed by atoms with Crippen molar-refractivity contribution in [3.05, 3.63) is 72.4 Å². The van der Waals surface area contributed by atoms with Gasteiger partial charge in [-0.2, -0.15) is 0 Å². The lowest BCUT2D eigenvalue weighted by atomic mass is 10.2. The summed E-state index contributed by atoms with van der Waals surface area (Å²) in [5.74, 6) is 3.22. The maximum atomic E-state index is 5.80. The Labute approximate surface area is 160 Å². The summed E-state index contributed by atoms with van der Waals surface area (Å²) in [6, 6.07) is 20.0. The molecule has 0 aliphatic heterocycles. The molecule has 0 bridgehead atoms. The van der Waals surface area contributed by atoms with Crippen LogP contribution in [0.3, 0.4) is 0 Å².